The van der Waals surface area contributed by atoms with Crippen LogP contribution in [0, 0.1) is 0 Å². The first-order valence-electron chi connectivity index (χ1n) is 6.91. The molecule has 0 saturated heterocycles. The van der Waals surface area contributed by atoms with Gasteiger partial charge in [-0.1, -0.05) is 12.2 Å². The van der Waals surface area contributed by atoms with Crippen molar-refractivity contribution in [2.24, 2.45) is 0 Å². The third kappa shape index (κ3) is 7.80. The van der Waals surface area contributed by atoms with Gasteiger partial charge >= 0.3 is 12.1 Å². The van der Waals surface area contributed by atoms with Crippen LogP contribution in [0.1, 0.15) is 36.0 Å². The second-order valence-electron chi connectivity index (χ2n) is 5.59. The highest BCUT2D eigenvalue weighted by Gasteiger charge is 2.14. The highest BCUT2D eigenvalue weighted by atomic mass is 32.1. The number of rotatable bonds is 7. The molecule has 0 aliphatic carbocycles. The summed E-state index contributed by atoms with van der Waals surface area (Å²) < 4.78 is 5.10. The summed E-state index contributed by atoms with van der Waals surface area (Å²) in [6.45, 7) is 7.09. The van der Waals surface area contributed by atoms with Gasteiger partial charge < -0.3 is 20.5 Å². The number of hydrogen-bond donors (Lipinski definition) is 3. The van der Waals surface area contributed by atoms with E-state index in [1.807, 2.05) is 32.9 Å². The molecule has 0 unspecified atom stereocenters. The molecule has 1 aromatic heterocycles. The summed E-state index contributed by atoms with van der Waals surface area (Å²) in [6, 6.07) is 1.66. The van der Waals surface area contributed by atoms with Crippen molar-refractivity contribution in [2.75, 3.05) is 13.1 Å². The SMILES string of the molecule is CC(C)(C)OC(=O)NC/C=C/CNCc1cc(C(=O)O)cs1. The van der Waals surface area contributed by atoms with E-state index in [4.69, 9.17) is 9.84 Å². The van der Waals surface area contributed by atoms with Crippen LogP contribution in [0.3, 0.4) is 0 Å². The highest BCUT2D eigenvalue weighted by molar-refractivity contribution is 7.10. The van der Waals surface area contributed by atoms with Crippen LogP contribution in [0.15, 0.2) is 23.6 Å². The maximum Gasteiger partial charge on any atom is 0.407 e. The van der Waals surface area contributed by atoms with Crippen molar-refractivity contribution < 1.29 is 19.4 Å². The fourth-order valence-corrected chi connectivity index (χ4v) is 2.31. The summed E-state index contributed by atoms with van der Waals surface area (Å²) in [5.74, 6) is -0.907. The lowest BCUT2D eigenvalue weighted by molar-refractivity contribution is 0.0533. The Labute approximate surface area is 134 Å². The van der Waals surface area contributed by atoms with Crippen LogP contribution in [0.25, 0.3) is 0 Å². The zero-order valence-corrected chi connectivity index (χ0v) is 13.8. The lowest BCUT2D eigenvalue weighted by Gasteiger charge is -2.19. The number of carbonyl (C=O) groups excluding carboxylic acids is 1. The molecule has 0 saturated carbocycles. The van der Waals surface area contributed by atoms with E-state index in [1.54, 1.807) is 11.4 Å². The van der Waals surface area contributed by atoms with Gasteiger partial charge in [-0.15, -0.1) is 11.3 Å². The van der Waals surface area contributed by atoms with Gasteiger partial charge in [0, 0.05) is 29.9 Å². The molecule has 0 fully saturated rings. The molecule has 22 heavy (non-hydrogen) atoms. The van der Waals surface area contributed by atoms with Gasteiger partial charge in [-0.2, -0.15) is 0 Å². The van der Waals surface area contributed by atoms with Crippen LogP contribution < -0.4 is 10.6 Å². The fraction of sp³-hybridized carbons (Fsp3) is 0.467. The smallest absolute Gasteiger partial charge is 0.407 e. The van der Waals surface area contributed by atoms with Crippen molar-refractivity contribution in [1.29, 1.82) is 0 Å². The number of amides is 1. The Morgan fingerprint density at radius 1 is 1.32 bits per heavy atom. The second kappa shape index (κ2) is 8.55. The third-order valence-electron chi connectivity index (χ3n) is 2.39. The third-order valence-corrected chi connectivity index (χ3v) is 3.33. The molecule has 122 valence electrons. The standard InChI is InChI=1S/C15H22N2O4S/c1-15(2,3)21-14(20)17-7-5-4-6-16-9-12-8-11(10-22-12)13(18)19/h4-5,8,10,16H,6-7,9H2,1-3H3,(H,17,20)(H,18,19)/b5-4+. The van der Waals surface area contributed by atoms with Gasteiger partial charge in [-0.25, -0.2) is 9.59 Å². The van der Waals surface area contributed by atoms with E-state index in [2.05, 4.69) is 10.6 Å². The monoisotopic (exact) mass is 326 g/mol. The molecule has 0 spiro atoms. The van der Waals surface area contributed by atoms with Crippen LogP contribution in [-0.2, 0) is 11.3 Å². The molecule has 1 heterocycles. The summed E-state index contributed by atoms with van der Waals surface area (Å²) in [7, 11) is 0. The molecule has 0 aliphatic rings. The Kier molecular flexibility index (Phi) is 7.07. The van der Waals surface area contributed by atoms with E-state index in [1.165, 1.54) is 11.3 Å². The quantitative estimate of drug-likeness (QED) is 0.529. The summed E-state index contributed by atoms with van der Waals surface area (Å²) in [6.07, 6.45) is 3.28. The van der Waals surface area contributed by atoms with Crippen LogP contribution in [-0.4, -0.2) is 35.9 Å². The number of nitrogens with one attached hydrogen (secondary N) is 2. The van der Waals surface area contributed by atoms with Gasteiger partial charge in [0.25, 0.3) is 0 Å². The molecule has 1 amide bonds. The zero-order valence-electron chi connectivity index (χ0n) is 13.0. The molecule has 7 heteroatoms. The van der Waals surface area contributed by atoms with E-state index in [0.717, 1.165) is 4.88 Å². The number of thiophene rings is 1. The van der Waals surface area contributed by atoms with Crippen molar-refractivity contribution in [3.05, 3.63) is 34.0 Å². The van der Waals surface area contributed by atoms with Gasteiger partial charge in [0.2, 0.25) is 0 Å². The Balaban J connectivity index is 2.14. The number of carboxylic acid groups (broad SMARTS) is 1. The fourth-order valence-electron chi connectivity index (χ4n) is 1.49. The molecule has 0 bridgehead atoms. The minimum absolute atomic E-state index is 0.318. The predicted molar refractivity (Wildman–Crippen MR) is 86.4 cm³/mol. The first-order valence-corrected chi connectivity index (χ1v) is 7.79. The minimum atomic E-state index is -0.907. The maximum absolute atomic E-state index is 11.4. The number of alkyl carbamates (subject to hydrolysis) is 1. The molecular weight excluding hydrogens is 304 g/mol. The van der Waals surface area contributed by atoms with Crippen LogP contribution in [0.2, 0.25) is 0 Å². The van der Waals surface area contributed by atoms with E-state index in [-0.39, 0.29) is 0 Å². The Hall–Kier alpha value is -1.86. The Morgan fingerprint density at radius 2 is 2.00 bits per heavy atom. The van der Waals surface area contributed by atoms with E-state index >= 15 is 0 Å². The zero-order chi connectivity index (χ0) is 16.6. The normalized spacial score (nSPS) is 11.6. The van der Waals surface area contributed by atoms with Crippen molar-refractivity contribution >= 4 is 23.4 Å². The molecule has 6 nitrogen and oxygen atoms in total. The first kappa shape index (κ1) is 18.2. The lowest BCUT2D eigenvalue weighted by atomic mass is 10.2. The van der Waals surface area contributed by atoms with Crippen molar-refractivity contribution in [3.63, 3.8) is 0 Å². The molecule has 0 aromatic carbocycles. The number of aromatic carboxylic acids is 1. The minimum Gasteiger partial charge on any atom is -0.478 e. The summed E-state index contributed by atoms with van der Waals surface area (Å²) in [5.41, 5.74) is -0.177. The lowest BCUT2D eigenvalue weighted by Crippen LogP contribution is -2.32. The maximum atomic E-state index is 11.4. The van der Waals surface area contributed by atoms with Crippen molar-refractivity contribution in [1.82, 2.24) is 10.6 Å². The second-order valence-corrected chi connectivity index (χ2v) is 6.59. The summed E-state index contributed by atoms with van der Waals surface area (Å²) in [5, 5.41) is 16.2. The van der Waals surface area contributed by atoms with Crippen molar-refractivity contribution in [2.45, 2.75) is 32.9 Å². The van der Waals surface area contributed by atoms with Crippen molar-refractivity contribution in [3.8, 4) is 0 Å². The first-order chi connectivity index (χ1) is 10.3. The van der Waals surface area contributed by atoms with Gasteiger partial charge in [-0.3, -0.25) is 0 Å². The Morgan fingerprint density at radius 3 is 2.59 bits per heavy atom. The topological polar surface area (TPSA) is 87.7 Å². The molecule has 3 N–H and O–H groups in total. The number of carbonyl (C=O) groups is 2. The van der Waals surface area contributed by atoms with E-state index in [0.29, 0.717) is 25.2 Å². The van der Waals surface area contributed by atoms with Gasteiger partial charge in [0.05, 0.1) is 5.56 Å². The van der Waals surface area contributed by atoms with Gasteiger partial charge in [0.15, 0.2) is 0 Å². The van der Waals surface area contributed by atoms with E-state index < -0.39 is 17.7 Å². The molecule has 0 atom stereocenters. The van der Waals surface area contributed by atoms with Gasteiger partial charge in [-0.05, 0) is 26.8 Å². The highest BCUT2D eigenvalue weighted by Crippen LogP contribution is 2.14. The molecule has 1 aromatic rings. The summed E-state index contributed by atoms with van der Waals surface area (Å²) >= 11 is 1.41. The van der Waals surface area contributed by atoms with E-state index in [9.17, 15) is 9.59 Å². The number of carboxylic acids is 1. The van der Waals surface area contributed by atoms with Crippen LogP contribution in [0.5, 0.6) is 0 Å². The average Bonchev–Trinajstić information content (AvgIpc) is 2.84. The molecule has 1 rings (SSSR count). The van der Waals surface area contributed by atoms with Gasteiger partial charge in [0.1, 0.15) is 5.60 Å². The molecular formula is C15H22N2O4S. The number of ether oxygens (including phenoxy) is 1. The number of hydrogen-bond acceptors (Lipinski definition) is 5. The average molecular weight is 326 g/mol. The van der Waals surface area contributed by atoms with Crippen LogP contribution in [0.4, 0.5) is 4.79 Å². The molecule has 0 radical (unpaired) electrons. The Bertz CT molecular complexity index is 532. The largest absolute Gasteiger partial charge is 0.478 e. The predicted octanol–water partition coefficient (Wildman–Crippen LogP) is 2.62. The van der Waals surface area contributed by atoms with Crippen LogP contribution >= 0.6 is 11.3 Å². The summed E-state index contributed by atoms with van der Waals surface area (Å²) in [4.78, 5) is 23.1. The molecule has 0 aliphatic heterocycles.